The summed E-state index contributed by atoms with van der Waals surface area (Å²) in [5.74, 6) is -0.952. The number of carboxylic acids is 1. The summed E-state index contributed by atoms with van der Waals surface area (Å²) in [5.41, 5.74) is 2.83. The minimum atomic E-state index is -0.952. The standard InChI is InChI=1S/C16H12N2O2/c19-16(20)10-7-12-5-8-14(9-6-12)18-15-4-2-1-3-13(15)11-17-18/h1-11H,(H,19,20). The van der Waals surface area contributed by atoms with Crippen molar-refractivity contribution >= 4 is 22.9 Å². The van der Waals surface area contributed by atoms with E-state index in [2.05, 4.69) is 5.10 Å². The van der Waals surface area contributed by atoms with Gasteiger partial charge in [-0.15, -0.1) is 0 Å². The Morgan fingerprint density at radius 3 is 2.60 bits per heavy atom. The average molecular weight is 264 g/mol. The fourth-order valence-electron chi connectivity index (χ4n) is 2.07. The number of aliphatic carboxylic acids is 1. The Bertz CT molecular complexity index is 786. The molecule has 0 radical (unpaired) electrons. The molecule has 4 heteroatoms. The number of nitrogens with zero attached hydrogens (tertiary/aromatic N) is 2. The van der Waals surface area contributed by atoms with Gasteiger partial charge < -0.3 is 5.11 Å². The number of hydrogen-bond acceptors (Lipinski definition) is 2. The van der Waals surface area contributed by atoms with Crippen molar-refractivity contribution < 1.29 is 9.90 Å². The van der Waals surface area contributed by atoms with Gasteiger partial charge in [-0.2, -0.15) is 5.10 Å². The molecule has 0 atom stereocenters. The number of carbonyl (C=O) groups is 1. The minimum absolute atomic E-state index is 0.840. The van der Waals surface area contributed by atoms with Crippen LogP contribution in [0.5, 0.6) is 0 Å². The molecule has 1 N–H and O–H groups in total. The molecule has 4 nitrogen and oxygen atoms in total. The van der Waals surface area contributed by atoms with E-state index in [1.54, 1.807) is 6.08 Å². The van der Waals surface area contributed by atoms with Gasteiger partial charge in [-0.25, -0.2) is 9.48 Å². The second-order valence-electron chi connectivity index (χ2n) is 4.38. The molecular formula is C16H12N2O2. The zero-order valence-corrected chi connectivity index (χ0v) is 10.6. The summed E-state index contributed by atoms with van der Waals surface area (Å²) in [5, 5.41) is 14.1. The van der Waals surface area contributed by atoms with E-state index in [1.807, 2.05) is 59.4 Å². The predicted octanol–water partition coefficient (Wildman–Crippen LogP) is 3.12. The molecule has 0 amide bonds. The highest BCUT2D eigenvalue weighted by Crippen LogP contribution is 2.18. The predicted molar refractivity (Wildman–Crippen MR) is 77.7 cm³/mol. The van der Waals surface area contributed by atoms with Crippen LogP contribution in [0, 0.1) is 0 Å². The molecule has 0 bridgehead atoms. The van der Waals surface area contributed by atoms with E-state index in [1.165, 1.54) is 0 Å². The van der Waals surface area contributed by atoms with Crippen LogP contribution in [0.25, 0.3) is 22.7 Å². The largest absolute Gasteiger partial charge is 0.478 e. The summed E-state index contributed by atoms with van der Waals surface area (Å²) in [7, 11) is 0. The lowest BCUT2D eigenvalue weighted by atomic mass is 10.2. The third-order valence-corrected chi connectivity index (χ3v) is 3.03. The number of carboxylic acid groups (broad SMARTS) is 1. The molecule has 0 aliphatic heterocycles. The van der Waals surface area contributed by atoms with Gasteiger partial charge in [0.2, 0.25) is 0 Å². The van der Waals surface area contributed by atoms with Gasteiger partial charge in [0, 0.05) is 11.5 Å². The smallest absolute Gasteiger partial charge is 0.328 e. The highest BCUT2D eigenvalue weighted by Gasteiger charge is 2.03. The van der Waals surface area contributed by atoms with Crippen molar-refractivity contribution in [1.29, 1.82) is 0 Å². The van der Waals surface area contributed by atoms with Crippen molar-refractivity contribution in [2.75, 3.05) is 0 Å². The highest BCUT2D eigenvalue weighted by atomic mass is 16.4. The maximum Gasteiger partial charge on any atom is 0.328 e. The molecule has 0 unspecified atom stereocenters. The van der Waals surface area contributed by atoms with Crippen LogP contribution in [-0.4, -0.2) is 20.9 Å². The summed E-state index contributed by atoms with van der Waals surface area (Å²) >= 11 is 0. The van der Waals surface area contributed by atoms with E-state index in [9.17, 15) is 4.79 Å². The van der Waals surface area contributed by atoms with Gasteiger partial charge in [0.25, 0.3) is 0 Å². The maximum atomic E-state index is 10.5. The molecule has 0 aliphatic carbocycles. The van der Waals surface area contributed by atoms with Crippen molar-refractivity contribution in [3.8, 4) is 5.69 Å². The highest BCUT2D eigenvalue weighted by molar-refractivity contribution is 5.85. The first-order valence-corrected chi connectivity index (χ1v) is 6.18. The van der Waals surface area contributed by atoms with Gasteiger partial charge in [-0.3, -0.25) is 0 Å². The molecular weight excluding hydrogens is 252 g/mol. The van der Waals surface area contributed by atoms with Crippen LogP contribution >= 0.6 is 0 Å². The van der Waals surface area contributed by atoms with E-state index in [0.29, 0.717) is 0 Å². The number of fused-ring (bicyclic) bond motifs is 1. The van der Waals surface area contributed by atoms with Crippen molar-refractivity contribution in [2.24, 2.45) is 0 Å². The average Bonchev–Trinajstić information content (AvgIpc) is 2.89. The van der Waals surface area contributed by atoms with Gasteiger partial charge >= 0.3 is 5.97 Å². The van der Waals surface area contributed by atoms with E-state index >= 15 is 0 Å². The molecule has 3 aromatic rings. The van der Waals surface area contributed by atoms with Crippen LogP contribution in [0.15, 0.2) is 60.8 Å². The molecule has 0 spiro atoms. The molecule has 0 fully saturated rings. The quantitative estimate of drug-likeness (QED) is 0.739. The lowest BCUT2D eigenvalue weighted by Gasteiger charge is -2.03. The Morgan fingerprint density at radius 1 is 1.10 bits per heavy atom. The van der Waals surface area contributed by atoms with Crippen LogP contribution < -0.4 is 0 Å². The van der Waals surface area contributed by atoms with Gasteiger partial charge in [0.05, 0.1) is 17.4 Å². The third-order valence-electron chi connectivity index (χ3n) is 3.03. The molecule has 1 heterocycles. The number of aromatic nitrogens is 2. The summed E-state index contributed by atoms with van der Waals surface area (Å²) in [6.45, 7) is 0. The number of benzene rings is 2. The summed E-state index contributed by atoms with van der Waals surface area (Å²) in [4.78, 5) is 10.5. The SMILES string of the molecule is O=C(O)C=Cc1ccc(-n2ncc3ccccc32)cc1. The lowest BCUT2D eigenvalue weighted by Crippen LogP contribution is -1.95. The lowest BCUT2D eigenvalue weighted by molar-refractivity contribution is -0.131. The van der Waals surface area contributed by atoms with E-state index < -0.39 is 5.97 Å². The molecule has 2 aromatic carbocycles. The van der Waals surface area contributed by atoms with Crippen LogP contribution in [0.4, 0.5) is 0 Å². The first-order valence-electron chi connectivity index (χ1n) is 6.18. The zero-order chi connectivity index (χ0) is 13.9. The topological polar surface area (TPSA) is 55.1 Å². The Balaban J connectivity index is 1.97. The number of para-hydroxylation sites is 1. The second kappa shape index (κ2) is 5.01. The number of hydrogen-bond donors (Lipinski definition) is 1. The maximum absolute atomic E-state index is 10.5. The fraction of sp³-hybridized carbons (Fsp3) is 0. The molecule has 20 heavy (non-hydrogen) atoms. The van der Waals surface area contributed by atoms with Crippen molar-refractivity contribution in [3.05, 3.63) is 66.4 Å². The van der Waals surface area contributed by atoms with Gasteiger partial charge in [0.1, 0.15) is 0 Å². The van der Waals surface area contributed by atoms with E-state index in [0.717, 1.165) is 28.2 Å². The number of rotatable bonds is 3. The minimum Gasteiger partial charge on any atom is -0.478 e. The van der Waals surface area contributed by atoms with Gasteiger partial charge in [0.15, 0.2) is 0 Å². The monoisotopic (exact) mass is 264 g/mol. The normalized spacial score (nSPS) is 11.2. The Hall–Kier alpha value is -2.88. The third kappa shape index (κ3) is 2.31. The summed E-state index contributed by atoms with van der Waals surface area (Å²) < 4.78 is 1.86. The molecule has 0 saturated heterocycles. The van der Waals surface area contributed by atoms with Crippen LogP contribution in [0.3, 0.4) is 0 Å². The molecule has 98 valence electrons. The summed E-state index contributed by atoms with van der Waals surface area (Å²) in [6, 6.07) is 15.6. The van der Waals surface area contributed by atoms with Crippen LogP contribution in [-0.2, 0) is 4.79 Å². The van der Waals surface area contributed by atoms with Gasteiger partial charge in [-0.05, 0) is 29.8 Å². The fourth-order valence-corrected chi connectivity index (χ4v) is 2.07. The van der Waals surface area contributed by atoms with Gasteiger partial charge in [-0.1, -0.05) is 30.3 Å². The Morgan fingerprint density at radius 2 is 1.85 bits per heavy atom. The van der Waals surface area contributed by atoms with E-state index in [-0.39, 0.29) is 0 Å². The first kappa shape index (κ1) is 12.2. The van der Waals surface area contributed by atoms with Crippen molar-refractivity contribution in [1.82, 2.24) is 9.78 Å². The molecule has 3 rings (SSSR count). The Kier molecular flexibility index (Phi) is 3.05. The molecule has 0 aliphatic rings. The van der Waals surface area contributed by atoms with Crippen LogP contribution in [0.1, 0.15) is 5.56 Å². The molecule has 0 saturated carbocycles. The van der Waals surface area contributed by atoms with Crippen LogP contribution in [0.2, 0.25) is 0 Å². The van der Waals surface area contributed by atoms with Crippen molar-refractivity contribution in [2.45, 2.75) is 0 Å². The van der Waals surface area contributed by atoms with E-state index in [4.69, 9.17) is 5.11 Å². The zero-order valence-electron chi connectivity index (χ0n) is 10.6. The second-order valence-corrected chi connectivity index (χ2v) is 4.38. The molecule has 1 aromatic heterocycles. The first-order chi connectivity index (χ1) is 9.74. The summed E-state index contributed by atoms with van der Waals surface area (Å²) in [6.07, 6.45) is 4.51. The Labute approximate surface area is 115 Å². The van der Waals surface area contributed by atoms with Crippen molar-refractivity contribution in [3.63, 3.8) is 0 Å².